The van der Waals surface area contributed by atoms with E-state index in [2.05, 4.69) is 15.7 Å². The van der Waals surface area contributed by atoms with Crippen molar-refractivity contribution in [2.24, 2.45) is 7.05 Å². The molecule has 1 aromatic carbocycles. The van der Waals surface area contributed by atoms with Crippen LogP contribution in [-0.2, 0) is 13.5 Å². The first-order valence-corrected chi connectivity index (χ1v) is 7.00. The Morgan fingerprint density at radius 2 is 2.27 bits per heavy atom. The van der Waals surface area contributed by atoms with E-state index in [9.17, 15) is 9.18 Å². The van der Waals surface area contributed by atoms with Gasteiger partial charge in [-0.15, -0.1) is 0 Å². The lowest BCUT2D eigenvalue weighted by Crippen LogP contribution is -2.44. The molecule has 6 nitrogen and oxygen atoms in total. The summed E-state index contributed by atoms with van der Waals surface area (Å²) < 4.78 is 20.2. The van der Waals surface area contributed by atoms with E-state index < -0.39 is 0 Å². The van der Waals surface area contributed by atoms with Crippen LogP contribution in [0.15, 0.2) is 24.3 Å². The minimum absolute atomic E-state index is 0.160. The highest BCUT2D eigenvalue weighted by Crippen LogP contribution is 2.25. The van der Waals surface area contributed by atoms with Crippen LogP contribution in [0.4, 0.5) is 15.0 Å². The average Bonchev–Trinajstić information content (AvgIpc) is 2.77. The molecule has 1 aliphatic rings. The van der Waals surface area contributed by atoms with Gasteiger partial charge in [0.1, 0.15) is 24.0 Å². The highest BCUT2D eigenvalue weighted by Gasteiger charge is 2.22. The molecule has 3 rings (SSSR count). The van der Waals surface area contributed by atoms with Gasteiger partial charge in [0.05, 0.1) is 11.7 Å². The van der Waals surface area contributed by atoms with Gasteiger partial charge in [0.15, 0.2) is 0 Å². The quantitative estimate of drug-likeness (QED) is 0.891. The molecule has 1 aliphatic heterocycles. The van der Waals surface area contributed by atoms with Crippen LogP contribution >= 0.6 is 0 Å². The number of halogens is 1. The molecule has 0 spiro atoms. The number of rotatable bonds is 2. The Hall–Kier alpha value is -2.57. The first-order chi connectivity index (χ1) is 10.5. The third-order valence-corrected chi connectivity index (χ3v) is 3.51. The second-order valence-corrected chi connectivity index (χ2v) is 5.36. The predicted molar refractivity (Wildman–Crippen MR) is 79.5 cm³/mol. The van der Waals surface area contributed by atoms with E-state index in [0.29, 0.717) is 24.6 Å². The van der Waals surface area contributed by atoms with Gasteiger partial charge < -0.3 is 10.1 Å². The van der Waals surface area contributed by atoms with Crippen LogP contribution in [0.5, 0.6) is 5.75 Å². The van der Waals surface area contributed by atoms with E-state index in [1.54, 1.807) is 23.9 Å². The maximum atomic E-state index is 13.1. The average molecular weight is 304 g/mol. The molecule has 0 aliphatic carbocycles. The van der Waals surface area contributed by atoms with Gasteiger partial charge in [0.25, 0.3) is 0 Å². The SMILES string of the molecule is Cc1cc(NC(=O)NC2COc3cc(F)ccc3C2)n(C)n1. The molecule has 1 unspecified atom stereocenters. The predicted octanol–water partition coefficient (Wildman–Crippen LogP) is 1.99. The van der Waals surface area contributed by atoms with Gasteiger partial charge in [-0.25, -0.2) is 9.18 Å². The van der Waals surface area contributed by atoms with E-state index in [1.165, 1.54) is 12.1 Å². The molecule has 0 saturated heterocycles. The maximum Gasteiger partial charge on any atom is 0.320 e. The molecule has 2 aromatic rings. The van der Waals surface area contributed by atoms with Crippen molar-refractivity contribution in [1.29, 1.82) is 0 Å². The smallest absolute Gasteiger partial charge is 0.320 e. The second kappa shape index (κ2) is 5.67. The van der Waals surface area contributed by atoms with Crippen LogP contribution in [0.2, 0.25) is 0 Å². The largest absolute Gasteiger partial charge is 0.491 e. The molecular formula is C15H17FN4O2. The summed E-state index contributed by atoms with van der Waals surface area (Å²) in [5, 5.41) is 9.76. The minimum atomic E-state index is -0.325. The van der Waals surface area contributed by atoms with E-state index in [-0.39, 0.29) is 17.9 Å². The summed E-state index contributed by atoms with van der Waals surface area (Å²) in [6, 6.07) is 5.75. The maximum absolute atomic E-state index is 13.1. The standard InChI is InChI=1S/C15H17FN4O2/c1-9-5-14(20(2)19-9)18-15(21)17-12-6-10-3-4-11(16)7-13(10)22-8-12/h3-5,7,12H,6,8H2,1-2H3,(H2,17,18,21). The summed E-state index contributed by atoms with van der Waals surface area (Å²) in [5.41, 5.74) is 1.71. The Morgan fingerprint density at radius 1 is 1.45 bits per heavy atom. The lowest BCUT2D eigenvalue weighted by molar-refractivity contribution is 0.222. The summed E-state index contributed by atoms with van der Waals surface area (Å²) in [5.74, 6) is 0.837. The van der Waals surface area contributed by atoms with Crippen molar-refractivity contribution in [3.63, 3.8) is 0 Å². The van der Waals surface area contributed by atoms with Gasteiger partial charge in [0.2, 0.25) is 0 Å². The normalized spacial score (nSPS) is 16.6. The number of anilines is 1. The van der Waals surface area contributed by atoms with E-state index in [1.807, 2.05) is 6.92 Å². The van der Waals surface area contributed by atoms with Crippen molar-refractivity contribution < 1.29 is 13.9 Å². The summed E-state index contributed by atoms with van der Waals surface area (Å²) in [4.78, 5) is 12.0. The first-order valence-electron chi connectivity index (χ1n) is 7.00. The molecule has 2 N–H and O–H groups in total. The van der Waals surface area contributed by atoms with E-state index in [4.69, 9.17) is 4.74 Å². The molecule has 1 atom stereocenters. The molecule has 22 heavy (non-hydrogen) atoms. The molecule has 0 fully saturated rings. The highest BCUT2D eigenvalue weighted by atomic mass is 19.1. The Balaban J connectivity index is 1.61. The van der Waals surface area contributed by atoms with Gasteiger partial charge in [-0.3, -0.25) is 10.00 Å². The van der Waals surface area contributed by atoms with Gasteiger partial charge in [-0.05, 0) is 25.0 Å². The number of amides is 2. The number of nitrogens with one attached hydrogen (secondary N) is 2. The topological polar surface area (TPSA) is 68.2 Å². The number of aromatic nitrogens is 2. The van der Waals surface area contributed by atoms with Gasteiger partial charge in [-0.2, -0.15) is 5.10 Å². The number of nitrogens with zero attached hydrogens (tertiary/aromatic N) is 2. The number of benzene rings is 1. The fourth-order valence-electron chi connectivity index (χ4n) is 2.50. The van der Waals surface area contributed by atoms with Gasteiger partial charge >= 0.3 is 6.03 Å². The Morgan fingerprint density at radius 3 is 3.00 bits per heavy atom. The Kier molecular flexibility index (Phi) is 3.70. The van der Waals surface area contributed by atoms with Crippen molar-refractivity contribution in [3.8, 4) is 5.75 Å². The molecule has 2 heterocycles. The number of aryl methyl sites for hydroxylation is 2. The third kappa shape index (κ3) is 3.03. The second-order valence-electron chi connectivity index (χ2n) is 5.36. The zero-order chi connectivity index (χ0) is 15.7. The number of carbonyl (C=O) groups excluding carboxylic acids is 1. The number of ether oxygens (including phenoxy) is 1. The fraction of sp³-hybridized carbons (Fsp3) is 0.333. The summed E-state index contributed by atoms with van der Waals surface area (Å²) in [6.07, 6.45) is 0.605. The summed E-state index contributed by atoms with van der Waals surface area (Å²) in [6.45, 7) is 2.17. The van der Waals surface area contributed by atoms with Crippen molar-refractivity contribution in [2.75, 3.05) is 11.9 Å². The van der Waals surface area contributed by atoms with Crippen molar-refractivity contribution in [1.82, 2.24) is 15.1 Å². The van der Waals surface area contributed by atoms with Crippen LogP contribution in [0, 0.1) is 12.7 Å². The van der Waals surface area contributed by atoms with Gasteiger partial charge in [-0.1, -0.05) is 6.07 Å². The zero-order valence-electron chi connectivity index (χ0n) is 12.4. The van der Waals surface area contributed by atoms with Crippen LogP contribution in [0.1, 0.15) is 11.3 Å². The Bertz CT molecular complexity index is 714. The number of carbonyl (C=O) groups is 1. The van der Waals surface area contributed by atoms with Crippen molar-refractivity contribution >= 4 is 11.8 Å². The minimum Gasteiger partial charge on any atom is -0.491 e. The van der Waals surface area contributed by atoms with Crippen LogP contribution in [0.25, 0.3) is 0 Å². The molecule has 0 radical (unpaired) electrons. The van der Waals surface area contributed by atoms with Crippen molar-refractivity contribution in [3.05, 3.63) is 41.3 Å². The van der Waals surface area contributed by atoms with Crippen LogP contribution < -0.4 is 15.4 Å². The third-order valence-electron chi connectivity index (χ3n) is 3.51. The van der Waals surface area contributed by atoms with Crippen molar-refractivity contribution in [2.45, 2.75) is 19.4 Å². The molecule has 0 bridgehead atoms. The number of hydrogen-bond donors (Lipinski definition) is 2. The molecular weight excluding hydrogens is 287 g/mol. The van der Waals surface area contributed by atoms with Crippen LogP contribution in [0.3, 0.4) is 0 Å². The summed E-state index contributed by atoms with van der Waals surface area (Å²) in [7, 11) is 1.76. The summed E-state index contributed by atoms with van der Waals surface area (Å²) >= 11 is 0. The van der Waals surface area contributed by atoms with E-state index in [0.717, 1.165) is 11.3 Å². The van der Waals surface area contributed by atoms with Gasteiger partial charge in [0, 0.05) is 19.2 Å². The van der Waals surface area contributed by atoms with Crippen LogP contribution in [-0.4, -0.2) is 28.5 Å². The molecule has 1 aromatic heterocycles. The molecule has 0 saturated carbocycles. The molecule has 116 valence electrons. The van der Waals surface area contributed by atoms with E-state index >= 15 is 0 Å². The zero-order valence-corrected chi connectivity index (χ0v) is 12.4. The Labute approximate surface area is 127 Å². The first kappa shape index (κ1) is 14.4. The fourth-order valence-corrected chi connectivity index (χ4v) is 2.50. The highest BCUT2D eigenvalue weighted by molar-refractivity contribution is 5.88. The number of hydrogen-bond acceptors (Lipinski definition) is 3. The number of fused-ring (bicyclic) bond motifs is 1. The monoisotopic (exact) mass is 304 g/mol. The lowest BCUT2D eigenvalue weighted by Gasteiger charge is -2.26. The molecule has 2 amide bonds. The number of urea groups is 1. The molecule has 7 heteroatoms. The lowest BCUT2D eigenvalue weighted by atomic mass is 10.0.